The summed E-state index contributed by atoms with van der Waals surface area (Å²) in [5.74, 6) is 1.91. The van der Waals surface area contributed by atoms with E-state index in [9.17, 15) is 4.79 Å². The lowest BCUT2D eigenvalue weighted by atomic mass is 9.83. The summed E-state index contributed by atoms with van der Waals surface area (Å²) in [6.45, 7) is 9.18. The van der Waals surface area contributed by atoms with Crippen LogP contribution in [0.4, 0.5) is 5.69 Å². The smallest absolute Gasteiger partial charge is 0.140 e. The van der Waals surface area contributed by atoms with E-state index < -0.39 is 0 Å². The van der Waals surface area contributed by atoms with Gasteiger partial charge in [-0.3, -0.25) is 9.78 Å². The molecule has 5 nitrogen and oxygen atoms in total. The number of aryl methyl sites for hydroxylation is 1. The van der Waals surface area contributed by atoms with Crippen molar-refractivity contribution in [2.75, 3.05) is 11.4 Å². The van der Waals surface area contributed by atoms with Gasteiger partial charge >= 0.3 is 0 Å². The third-order valence-corrected chi connectivity index (χ3v) is 7.05. The van der Waals surface area contributed by atoms with Crippen molar-refractivity contribution in [3.8, 4) is 11.3 Å². The number of nitrogens with zero attached hydrogens (tertiary/aromatic N) is 4. The zero-order valence-corrected chi connectivity index (χ0v) is 19.3. The second-order valence-electron chi connectivity index (χ2n) is 9.47. The summed E-state index contributed by atoms with van der Waals surface area (Å²) in [5.41, 5.74) is 6.96. The second-order valence-corrected chi connectivity index (χ2v) is 9.47. The van der Waals surface area contributed by atoms with Gasteiger partial charge in [0.05, 0.1) is 23.6 Å². The van der Waals surface area contributed by atoms with E-state index in [4.69, 9.17) is 4.98 Å². The van der Waals surface area contributed by atoms with E-state index in [1.54, 1.807) is 0 Å². The van der Waals surface area contributed by atoms with Crippen molar-refractivity contribution in [1.29, 1.82) is 0 Å². The zero-order valence-electron chi connectivity index (χ0n) is 19.3. The third kappa shape index (κ3) is 3.74. The van der Waals surface area contributed by atoms with Crippen LogP contribution in [0.15, 0.2) is 42.6 Å². The first kappa shape index (κ1) is 20.9. The van der Waals surface area contributed by atoms with Crippen molar-refractivity contribution >= 4 is 11.5 Å². The lowest BCUT2D eigenvalue weighted by molar-refractivity contribution is -0.121. The number of ketones is 1. The first-order valence-corrected chi connectivity index (χ1v) is 11.9. The number of carbonyl (C=O) groups excluding carboxylic acids is 1. The fourth-order valence-electron chi connectivity index (χ4n) is 5.31. The third-order valence-electron chi connectivity index (χ3n) is 7.05. The Bertz CT molecular complexity index is 1130. The second kappa shape index (κ2) is 8.53. The van der Waals surface area contributed by atoms with E-state index in [0.29, 0.717) is 11.7 Å². The maximum absolute atomic E-state index is 12.3. The standard InChI is InChI=1S/C27H32N4O/c1-18(2)26-23(8-6-14-28-26)27-24-17-30(15-16-31(24)19(3)29-27)21-12-10-20(11-13-21)22-7-4-5-9-25(22)32/h6,8,10-14,18,22H,4-5,7,9,15-17H2,1-3H3. The van der Waals surface area contributed by atoms with Crippen LogP contribution in [0.2, 0.25) is 0 Å². The van der Waals surface area contributed by atoms with Gasteiger partial charge in [0.1, 0.15) is 11.6 Å². The summed E-state index contributed by atoms with van der Waals surface area (Å²) in [7, 11) is 0. The van der Waals surface area contributed by atoms with E-state index in [2.05, 4.69) is 65.6 Å². The molecule has 32 heavy (non-hydrogen) atoms. The SMILES string of the molecule is Cc1nc(-c2cccnc2C(C)C)c2n1CCN(c1ccc(C3CCCCC3=O)cc1)C2. The predicted octanol–water partition coefficient (Wildman–Crippen LogP) is 5.62. The number of rotatable bonds is 4. The molecular weight excluding hydrogens is 396 g/mol. The number of anilines is 1. The van der Waals surface area contributed by atoms with Gasteiger partial charge in [0.15, 0.2) is 0 Å². The van der Waals surface area contributed by atoms with Crippen LogP contribution in [0.5, 0.6) is 0 Å². The summed E-state index contributed by atoms with van der Waals surface area (Å²) < 4.78 is 2.36. The van der Waals surface area contributed by atoms with Gasteiger partial charge < -0.3 is 9.47 Å². The van der Waals surface area contributed by atoms with Gasteiger partial charge in [0.2, 0.25) is 0 Å². The summed E-state index contributed by atoms with van der Waals surface area (Å²) in [5, 5.41) is 0. The van der Waals surface area contributed by atoms with Gasteiger partial charge in [-0.1, -0.05) is 32.4 Å². The van der Waals surface area contributed by atoms with Crippen LogP contribution in [0, 0.1) is 6.92 Å². The minimum absolute atomic E-state index is 0.0925. The highest BCUT2D eigenvalue weighted by molar-refractivity contribution is 5.86. The van der Waals surface area contributed by atoms with E-state index >= 15 is 0 Å². The van der Waals surface area contributed by atoms with E-state index in [-0.39, 0.29) is 5.92 Å². The number of fused-ring (bicyclic) bond motifs is 1. The lowest BCUT2D eigenvalue weighted by Gasteiger charge is -2.31. The lowest BCUT2D eigenvalue weighted by Crippen LogP contribution is -2.34. The molecule has 3 heterocycles. The van der Waals surface area contributed by atoms with Crippen molar-refractivity contribution in [1.82, 2.24) is 14.5 Å². The molecule has 1 saturated carbocycles. The zero-order chi connectivity index (χ0) is 22.2. The van der Waals surface area contributed by atoms with Crippen LogP contribution in [0.25, 0.3) is 11.3 Å². The fourth-order valence-corrected chi connectivity index (χ4v) is 5.31. The van der Waals surface area contributed by atoms with Crippen LogP contribution >= 0.6 is 0 Å². The first-order valence-electron chi connectivity index (χ1n) is 11.9. The van der Waals surface area contributed by atoms with Crippen molar-refractivity contribution in [3.05, 3.63) is 65.4 Å². The number of Topliss-reactive ketones (excluding diaryl/α,β-unsaturated/α-hetero) is 1. The highest BCUT2D eigenvalue weighted by atomic mass is 16.1. The summed E-state index contributed by atoms with van der Waals surface area (Å²) in [6, 6.07) is 12.9. The van der Waals surface area contributed by atoms with Gasteiger partial charge in [-0.15, -0.1) is 0 Å². The minimum Gasteiger partial charge on any atom is -0.364 e. The van der Waals surface area contributed by atoms with Crippen LogP contribution in [-0.2, 0) is 17.9 Å². The molecule has 1 unspecified atom stereocenters. The Morgan fingerprint density at radius 3 is 2.62 bits per heavy atom. The number of hydrogen-bond acceptors (Lipinski definition) is 4. The number of imidazole rings is 1. The Morgan fingerprint density at radius 1 is 1.06 bits per heavy atom. The molecule has 0 radical (unpaired) electrons. The number of benzene rings is 1. The monoisotopic (exact) mass is 428 g/mol. The molecule has 1 atom stereocenters. The van der Waals surface area contributed by atoms with E-state index in [1.165, 1.54) is 16.9 Å². The van der Waals surface area contributed by atoms with E-state index in [0.717, 1.165) is 68.1 Å². The van der Waals surface area contributed by atoms with Gasteiger partial charge in [-0.2, -0.15) is 0 Å². The Morgan fingerprint density at radius 2 is 1.88 bits per heavy atom. The van der Waals surface area contributed by atoms with Crippen LogP contribution < -0.4 is 4.90 Å². The van der Waals surface area contributed by atoms with Gasteiger partial charge in [-0.05, 0) is 55.5 Å². The molecule has 0 spiro atoms. The molecule has 5 rings (SSSR count). The van der Waals surface area contributed by atoms with E-state index in [1.807, 2.05) is 12.3 Å². The van der Waals surface area contributed by atoms with Crippen molar-refractivity contribution in [2.24, 2.45) is 0 Å². The maximum Gasteiger partial charge on any atom is 0.140 e. The number of carbonyl (C=O) groups is 1. The maximum atomic E-state index is 12.3. The van der Waals surface area contributed by atoms with Gasteiger partial charge in [-0.25, -0.2) is 4.98 Å². The number of pyridine rings is 1. The molecule has 5 heteroatoms. The van der Waals surface area contributed by atoms with Crippen LogP contribution in [0.3, 0.4) is 0 Å². The fraction of sp³-hybridized carbons (Fsp3) is 0.444. The average molecular weight is 429 g/mol. The number of hydrogen-bond donors (Lipinski definition) is 0. The molecular formula is C27H32N4O. The molecule has 1 fully saturated rings. The van der Waals surface area contributed by atoms with Crippen molar-refractivity contribution in [2.45, 2.75) is 71.4 Å². The molecule has 166 valence electrons. The number of aromatic nitrogens is 3. The Labute approximate surface area is 190 Å². The molecule has 3 aromatic rings. The van der Waals surface area contributed by atoms with Crippen LogP contribution in [0.1, 0.15) is 74.1 Å². The van der Waals surface area contributed by atoms with Crippen LogP contribution in [-0.4, -0.2) is 26.9 Å². The topological polar surface area (TPSA) is 51.0 Å². The molecule has 0 N–H and O–H groups in total. The average Bonchev–Trinajstić information content (AvgIpc) is 3.15. The van der Waals surface area contributed by atoms with Crippen molar-refractivity contribution in [3.63, 3.8) is 0 Å². The predicted molar refractivity (Wildman–Crippen MR) is 128 cm³/mol. The van der Waals surface area contributed by atoms with Gasteiger partial charge in [0.25, 0.3) is 0 Å². The van der Waals surface area contributed by atoms with Crippen molar-refractivity contribution < 1.29 is 4.79 Å². The molecule has 2 aliphatic rings. The summed E-state index contributed by atoms with van der Waals surface area (Å²) >= 11 is 0. The Kier molecular flexibility index (Phi) is 5.58. The quantitative estimate of drug-likeness (QED) is 0.541. The Hall–Kier alpha value is -2.95. The normalized spacial score (nSPS) is 18.8. The minimum atomic E-state index is 0.0925. The summed E-state index contributed by atoms with van der Waals surface area (Å²) in [4.78, 5) is 24.4. The molecule has 0 bridgehead atoms. The van der Waals surface area contributed by atoms with Gasteiger partial charge in [0, 0.05) is 42.9 Å². The summed E-state index contributed by atoms with van der Waals surface area (Å²) in [6.07, 6.45) is 5.80. The Balaban J connectivity index is 1.43. The first-order chi connectivity index (χ1) is 15.5. The highest BCUT2D eigenvalue weighted by Gasteiger charge is 2.27. The molecule has 0 saturated heterocycles. The molecule has 1 aliphatic heterocycles. The molecule has 0 amide bonds. The molecule has 1 aliphatic carbocycles. The molecule has 2 aromatic heterocycles. The largest absolute Gasteiger partial charge is 0.364 e. The molecule has 1 aromatic carbocycles. The highest BCUT2D eigenvalue weighted by Crippen LogP contribution is 2.35.